The highest BCUT2D eigenvalue weighted by Gasteiger charge is 2.30. The van der Waals surface area contributed by atoms with Crippen molar-refractivity contribution in [2.45, 2.75) is 19.9 Å². The first-order valence-corrected chi connectivity index (χ1v) is 15.4. The highest BCUT2D eigenvalue weighted by atomic mass is 19.1. The van der Waals surface area contributed by atoms with Crippen LogP contribution in [0.2, 0.25) is 0 Å². The lowest BCUT2D eigenvalue weighted by atomic mass is 10.1. The van der Waals surface area contributed by atoms with Gasteiger partial charge in [-0.25, -0.2) is 4.39 Å². The molecule has 0 bridgehead atoms. The number of nitrogens with one attached hydrogen (secondary N) is 1. The topological polar surface area (TPSA) is 65.1 Å². The molecule has 230 valence electrons. The van der Waals surface area contributed by atoms with Crippen LogP contribution in [0.1, 0.15) is 33.5 Å². The molecule has 6 rings (SSSR count). The molecule has 4 aromatic carbocycles. The highest BCUT2D eigenvalue weighted by molar-refractivity contribution is 6.09. The zero-order valence-corrected chi connectivity index (χ0v) is 25.4. The molecule has 1 N–H and O–H groups in total. The molecule has 4 aromatic rings. The summed E-state index contributed by atoms with van der Waals surface area (Å²) in [5.74, 6) is 0.301. The Morgan fingerprint density at radius 3 is 2.33 bits per heavy atom. The first-order chi connectivity index (χ1) is 21.9. The number of aryl methyl sites for hydroxylation is 1. The first kappa shape index (κ1) is 30.1. The maximum atomic E-state index is 13.5. The molecule has 0 aliphatic carbocycles. The number of amides is 2. The van der Waals surface area contributed by atoms with Gasteiger partial charge in [-0.05, 0) is 85.6 Å². The molecule has 45 heavy (non-hydrogen) atoms. The molecule has 0 unspecified atom stereocenters. The third-order valence-electron chi connectivity index (χ3n) is 8.26. The summed E-state index contributed by atoms with van der Waals surface area (Å²) in [6.07, 6.45) is 2.57. The molecule has 1 fully saturated rings. The molecule has 0 radical (unpaired) electrons. The Labute approximate surface area is 263 Å². The molecular weight excluding hydrogens is 567 g/mol. The number of fused-ring (bicyclic) bond motifs is 1. The van der Waals surface area contributed by atoms with E-state index in [0.29, 0.717) is 24.4 Å². The van der Waals surface area contributed by atoms with Crippen LogP contribution in [0.5, 0.6) is 5.75 Å². The van der Waals surface area contributed by atoms with Crippen LogP contribution in [-0.2, 0) is 11.3 Å². The van der Waals surface area contributed by atoms with Crippen LogP contribution in [-0.4, -0.2) is 56.0 Å². The van der Waals surface area contributed by atoms with E-state index in [1.54, 1.807) is 23.1 Å². The van der Waals surface area contributed by atoms with E-state index in [-0.39, 0.29) is 23.4 Å². The van der Waals surface area contributed by atoms with Gasteiger partial charge >= 0.3 is 0 Å². The molecule has 2 amide bonds. The zero-order valence-electron chi connectivity index (χ0n) is 25.4. The first-order valence-electron chi connectivity index (χ1n) is 15.4. The molecule has 0 saturated carbocycles. The van der Waals surface area contributed by atoms with Gasteiger partial charge in [0.15, 0.2) is 11.5 Å². The Morgan fingerprint density at radius 2 is 1.60 bits per heavy atom. The van der Waals surface area contributed by atoms with E-state index >= 15 is 0 Å². The Kier molecular flexibility index (Phi) is 9.22. The Balaban J connectivity index is 1.00. The summed E-state index contributed by atoms with van der Waals surface area (Å²) in [6, 6.07) is 29.5. The van der Waals surface area contributed by atoms with Gasteiger partial charge in [-0.1, -0.05) is 54.1 Å². The summed E-state index contributed by atoms with van der Waals surface area (Å²) < 4.78 is 19.2. The van der Waals surface area contributed by atoms with Crippen molar-refractivity contribution in [3.63, 3.8) is 0 Å². The van der Waals surface area contributed by atoms with Gasteiger partial charge in [0.1, 0.15) is 5.82 Å². The Bertz CT molecular complexity index is 1660. The van der Waals surface area contributed by atoms with Crippen molar-refractivity contribution in [1.29, 1.82) is 0 Å². The van der Waals surface area contributed by atoms with Crippen molar-refractivity contribution in [3.8, 4) is 5.75 Å². The van der Waals surface area contributed by atoms with Gasteiger partial charge in [-0.3, -0.25) is 19.4 Å². The molecule has 0 aromatic heterocycles. The lowest BCUT2D eigenvalue weighted by Crippen LogP contribution is -2.47. The number of hydrogen-bond acceptors (Lipinski definition) is 5. The lowest BCUT2D eigenvalue weighted by molar-refractivity contribution is -0.117. The molecule has 2 aliphatic heterocycles. The number of rotatable bonds is 9. The number of benzene rings is 4. The predicted octanol–water partition coefficient (Wildman–Crippen LogP) is 6.04. The van der Waals surface area contributed by atoms with Gasteiger partial charge in [0.05, 0.1) is 12.2 Å². The van der Waals surface area contributed by atoms with Gasteiger partial charge in [0, 0.05) is 44.0 Å². The summed E-state index contributed by atoms with van der Waals surface area (Å²) in [4.78, 5) is 32.7. The van der Waals surface area contributed by atoms with Crippen LogP contribution >= 0.6 is 0 Å². The van der Waals surface area contributed by atoms with Crippen molar-refractivity contribution in [1.82, 2.24) is 10.2 Å². The van der Waals surface area contributed by atoms with Crippen LogP contribution < -0.4 is 19.9 Å². The average molecular weight is 605 g/mol. The van der Waals surface area contributed by atoms with Gasteiger partial charge < -0.3 is 15.0 Å². The van der Waals surface area contributed by atoms with Gasteiger partial charge in [-0.2, -0.15) is 0 Å². The van der Waals surface area contributed by atoms with E-state index in [2.05, 4.69) is 15.1 Å². The fourth-order valence-electron chi connectivity index (χ4n) is 5.67. The fourth-order valence-corrected chi connectivity index (χ4v) is 5.67. The standard InChI is InChI=1S/C37H37FN4O3/c1-27-7-9-29(10-8-27)26-42-33-5-2-3-6-34(33)45-35(37(42)44)25-28-11-13-30(14-12-28)36(43)39-19-4-20-40-21-23-41(24-22-40)32-17-15-31(38)16-18-32/h2-3,5-18,25H,4,19-24,26H2,1H3,(H,39,43). The summed E-state index contributed by atoms with van der Waals surface area (Å²) >= 11 is 0. The number of halogens is 1. The quantitative estimate of drug-likeness (QED) is 0.186. The average Bonchev–Trinajstić information content (AvgIpc) is 3.07. The second kappa shape index (κ2) is 13.8. The van der Waals surface area contributed by atoms with Crippen LogP contribution in [0.3, 0.4) is 0 Å². The maximum absolute atomic E-state index is 13.5. The lowest BCUT2D eigenvalue weighted by Gasteiger charge is -2.36. The predicted molar refractivity (Wildman–Crippen MR) is 176 cm³/mol. The molecule has 0 spiro atoms. The molecule has 8 heteroatoms. The summed E-state index contributed by atoms with van der Waals surface area (Å²) in [6.45, 7) is 7.62. The molecular formula is C37H37FN4O3. The minimum Gasteiger partial charge on any atom is -0.449 e. The van der Waals surface area contributed by atoms with Crippen molar-refractivity contribution < 1.29 is 18.7 Å². The second-order valence-corrected chi connectivity index (χ2v) is 11.5. The summed E-state index contributed by atoms with van der Waals surface area (Å²) in [5.41, 5.74) is 5.31. The fraction of sp³-hybridized carbons (Fsp3) is 0.243. The van der Waals surface area contributed by atoms with E-state index < -0.39 is 0 Å². The van der Waals surface area contributed by atoms with E-state index in [9.17, 15) is 14.0 Å². The molecule has 2 heterocycles. The third-order valence-corrected chi connectivity index (χ3v) is 8.26. The number of nitrogens with zero attached hydrogens (tertiary/aromatic N) is 3. The number of hydrogen-bond donors (Lipinski definition) is 1. The van der Waals surface area contributed by atoms with Crippen LogP contribution in [0.4, 0.5) is 15.8 Å². The van der Waals surface area contributed by atoms with Crippen LogP contribution in [0.25, 0.3) is 6.08 Å². The Morgan fingerprint density at radius 1 is 0.889 bits per heavy atom. The van der Waals surface area contributed by atoms with Crippen molar-refractivity contribution in [2.24, 2.45) is 0 Å². The monoisotopic (exact) mass is 604 g/mol. The smallest absolute Gasteiger partial charge is 0.294 e. The van der Waals surface area contributed by atoms with E-state index in [0.717, 1.165) is 61.6 Å². The summed E-state index contributed by atoms with van der Waals surface area (Å²) in [5, 5.41) is 3.02. The zero-order chi connectivity index (χ0) is 31.2. The molecule has 1 saturated heterocycles. The van der Waals surface area contributed by atoms with Gasteiger partial charge in [0.2, 0.25) is 0 Å². The highest BCUT2D eigenvalue weighted by Crippen LogP contribution is 2.36. The third kappa shape index (κ3) is 7.41. The van der Waals surface area contributed by atoms with Crippen LogP contribution in [0, 0.1) is 12.7 Å². The van der Waals surface area contributed by atoms with Crippen molar-refractivity contribution in [2.75, 3.05) is 49.1 Å². The SMILES string of the molecule is Cc1ccc(CN2C(=O)C(=Cc3ccc(C(=O)NCCCN4CCN(c5ccc(F)cc5)CC4)cc3)Oc3ccccc32)cc1. The number of carbonyl (C=O) groups is 2. The number of ether oxygens (including phenoxy) is 1. The molecule has 2 aliphatic rings. The number of anilines is 2. The van der Waals surface area contributed by atoms with Gasteiger partial charge in [0.25, 0.3) is 11.8 Å². The van der Waals surface area contributed by atoms with Crippen molar-refractivity contribution in [3.05, 3.63) is 131 Å². The molecule has 7 nitrogen and oxygen atoms in total. The number of para-hydroxylation sites is 2. The van der Waals surface area contributed by atoms with Gasteiger partial charge in [-0.15, -0.1) is 0 Å². The Hall–Kier alpha value is -4.95. The molecule has 0 atom stereocenters. The van der Waals surface area contributed by atoms with E-state index in [1.807, 2.05) is 79.7 Å². The minimum atomic E-state index is -0.217. The summed E-state index contributed by atoms with van der Waals surface area (Å²) in [7, 11) is 0. The number of carbonyl (C=O) groups excluding carboxylic acids is 2. The van der Waals surface area contributed by atoms with Crippen LogP contribution in [0.15, 0.2) is 103 Å². The number of piperazine rings is 1. The minimum absolute atomic E-state index is 0.126. The van der Waals surface area contributed by atoms with E-state index in [4.69, 9.17) is 4.74 Å². The second-order valence-electron chi connectivity index (χ2n) is 11.5. The largest absolute Gasteiger partial charge is 0.449 e. The normalized spacial score (nSPS) is 16.0. The maximum Gasteiger partial charge on any atom is 0.294 e. The van der Waals surface area contributed by atoms with E-state index in [1.165, 1.54) is 17.7 Å². The van der Waals surface area contributed by atoms with Crippen molar-refractivity contribution >= 4 is 29.3 Å².